The number of carboxylic acids is 2. The van der Waals surface area contributed by atoms with E-state index in [1.165, 1.54) is 5.56 Å². The van der Waals surface area contributed by atoms with Crippen molar-refractivity contribution in [1.29, 1.82) is 0 Å². The second-order valence-electron chi connectivity index (χ2n) is 7.32. The average molecular weight is 472 g/mol. The Morgan fingerprint density at radius 2 is 1.94 bits per heavy atom. The Kier molecular flexibility index (Phi) is 8.60. The molecule has 9 nitrogen and oxygen atoms in total. The Balaban J connectivity index is 0.000000501. The topological polar surface area (TPSA) is 139 Å². The number of hydrogen-bond acceptors (Lipinski definition) is 6. The van der Waals surface area contributed by atoms with Gasteiger partial charge in [-0.15, -0.1) is 0 Å². The van der Waals surface area contributed by atoms with Crippen molar-refractivity contribution in [1.82, 2.24) is 15.1 Å². The fraction of sp³-hybridized carbons (Fsp3) is 0.450. The monoisotopic (exact) mass is 471 g/mol. The summed E-state index contributed by atoms with van der Waals surface area (Å²) in [7, 11) is -2.91. The molecule has 1 unspecified atom stereocenters. The van der Waals surface area contributed by atoms with Gasteiger partial charge in [0.2, 0.25) is 0 Å². The molecule has 1 aromatic carbocycles. The Morgan fingerprint density at radius 1 is 1.26 bits per heavy atom. The van der Waals surface area contributed by atoms with Gasteiger partial charge in [-0.25, -0.2) is 18.0 Å². The van der Waals surface area contributed by atoms with E-state index < -0.39 is 21.8 Å². The highest BCUT2D eigenvalue weighted by Crippen LogP contribution is 2.26. The van der Waals surface area contributed by atoms with Gasteiger partial charge < -0.3 is 15.5 Å². The van der Waals surface area contributed by atoms with Crippen LogP contribution in [0.5, 0.6) is 0 Å². The molecule has 3 N–H and O–H groups in total. The number of sulfone groups is 1. The standard InChI is InChI=1S/C18H24ClN3O2S.C2H2O4/c1-13-18(11-20-8-6-15-4-3-5-16(19)10-15)14(2)22(21-13)17-7-9-25(23,24)12-17;3-1(4)2(5)6/h3-5,10,17,20H,6-9,11-12H2,1-2H3;(H,3,4)(H,5,6). The number of hydrogen-bond donors (Lipinski definition) is 3. The predicted molar refractivity (Wildman–Crippen MR) is 116 cm³/mol. The fourth-order valence-corrected chi connectivity index (χ4v) is 5.32. The number of nitrogens with zero attached hydrogens (tertiary/aromatic N) is 2. The van der Waals surface area contributed by atoms with Crippen molar-refractivity contribution in [3.8, 4) is 0 Å². The van der Waals surface area contributed by atoms with Crippen LogP contribution in [0.4, 0.5) is 0 Å². The number of carboxylic acid groups (broad SMARTS) is 2. The summed E-state index contributed by atoms with van der Waals surface area (Å²) in [6, 6.07) is 7.87. The Hall–Kier alpha value is -2.43. The van der Waals surface area contributed by atoms with E-state index >= 15 is 0 Å². The van der Waals surface area contributed by atoms with E-state index in [2.05, 4.69) is 16.5 Å². The highest BCUT2D eigenvalue weighted by atomic mass is 35.5. The molecule has 0 bridgehead atoms. The van der Waals surface area contributed by atoms with E-state index in [0.29, 0.717) is 6.42 Å². The van der Waals surface area contributed by atoms with Gasteiger partial charge >= 0.3 is 11.9 Å². The lowest BCUT2D eigenvalue weighted by atomic mass is 10.1. The minimum absolute atomic E-state index is 0.0242. The lowest BCUT2D eigenvalue weighted by molar-refractivity contribution is -0.159. The van der Waals surface area contributed by atoms with Crippen molar-refractivity contribution in [2.45, 2.75) is 39.3 Å². The summed E-state index contributed by atoms with van der Waals surface area (Å²) in [4.78, 5) is 18.2. The van der Waals surface area contributed by atoms with Crippen molar-refractivity contribution in [3.63, 3.8) is 0 Å². The Labute approximate surface area is 186 Å². The van der Waals surface area contributed by atoms with Gasteiger partial charge in [0, 0.05) is 22.8 Å². The second kappa shape index (κ2) is 10.7. The van der Waals surface area contributed by atoms with Crippen molar-refractivity contribution in [2.75, 3.05) is 18.1 Å². The third-order valence-corrected chi connectivity index (χ3v) is 6.98. The highest BCUT2D eigenvalue weighted by Gasteiger charge is 2.31. The molecule has 0 amide bonds. The summed E-state index contributed by atoms with van der Waals surface area (Å²) in [5, 5.41) is 23.6. The molecule has 31 heavy (non-hydrogen) atoms. The first-order chi connectivity index (χ1) is 14.5. The van der Waals surface area contributed by atoms with E-state index in [1.807, 2.05) is 36.7 Å². The van der Waals surface area contributed by atoms with Crippen LogP contribution < -0.4 is 5.32 Å². The normalized spacial score (nSPS) is 17.1. The third-order valence-electron chi connectivity index (χ3n) is 4.99. The fourth-order valence-electron chi connectivity index (χ4n) is 3.42. The van der Waals surface area contributed by atoms with Gasteiger partial charge in [-0.2, -0.15) is 5.10 Å². The van der Waals surface area contributed by atoms with Gasteiger partial charge in [0.25, 0.3) is 0 Å². The average Bonchev–Trinajstić information content (AvgIpc) is 3.18. The predicted octanol–water partition coefficient (Wildman–Crippen LogP) is 2.00. The number of carbonyl (C=O) groups is 2. The molecule has 0 spiro atoms. The van der Waals surface area contributed by atoms with Crippen molar-refractivity contribution in [2.24, 2.45) is 0 Å². The third kappa shape index (κ3) is 7.34. The SMILES string of the molecule is Cc1nn(C2CCS(=O)(=O)C2)c(C)c1CNCCc1cccc(Cl)c1.O=C(O)C(=O)O. The van der Waals surface area contributed by atoms with Gasteiger partial charge in [0.05, 0.1) is 23.2 Å². The number of nitrogens with one attached hydrogen (secondary N) is 1. The molecular formula is C20H26ClN3O6S. The number of halogens is 1. The maximum Gasteiger partial charge on any atom is 0.414 e. The molecule has 1 saturated heterocycles. The zero-order chi connectivity index (χ0) is 23.2. The summed E-state index contributed by atoms with van der Waals surface area (Å²) in [6.07, 6.45) is 1.57. The van der Waals surface area contributed by atoms with Gasteiger partial charge in [-0.1, -0.05) is 23.7 Å². The lowest BCUT2D eigenvalue weighted by Gasteiger charge is -2.12. The molecule has 1 aliphatic rings. The molecule has 1 fully saturated rings. The van der Waals surface area contributed by atoms with Crippen molar-refractivity contribution in [3.05, 3.63) is 51.8 Å². The number of aliphatic carboxylic acids is 2. The van der Waals surface area contributed by atoms with Gasteiger partial charge in [-0.05, 0) is 50.9 Å². The maximum absolute atomic E-state index is 11.7. The number of aryl methyl sites for hydroxylation is 1. The van der Waals surface area contributed by atoms with E-state index in [9.17, 15) is 8.42 Å². The largest absolute Gasteiger partial charge is 0.473 e. The molecule has 2 aromatic rings. The smallest absolute Gasteiger partial charge is 0.414 e. The minimum atomic E-state index is -2.91. The lowest BCUT2D eigenvalue weighted by Crippen LogP contribution is -2.18. The van der Waals surface area contributed by atoms with Gasteiger partial charge in [0.1, 0.15) is 0 Å². The van der Waals surface area contributed by atoms with Gasteiger partial charge in [0.15, 0.2) is 9.84 Å². The molecule has 11 heteroatoms. The minimum Gasteiger partial charge on any atom is -0.473 e. The molecule has 0 saturated carbocycles. The Morgan fingerprint density at radius 3 is 2.48 bits per heavy atom. The van der Waals surface area contributed by atoms with Crippen LogP contribution in [0.1, 0.15) is 35.0 Å². The number of benzene rings is 1. The zero-order valence-corrected chi connectivity index (χ0v) is 18.9. The van der Waals surface area contributed by atoms with Crippen LogP contribution in [-0.4, -0.2) is 58.4 Å². The van der Waals surface area contributed by atoms with Crippen LogP contribution in [-0.2, 0) is 32.4 Å². The van der Waals surface area contributed by atoms with Crippen LogP contribution >= 0.6 is 11.6 Å². The van der Waals surface area contributed by atoms with Crippen molar-refractivity contribution < 1.29 is 28.2 Å². The summed E-state index contributed by atoms with van der Waals surface area (Å²) in [6.45, 7) is 5.60. The first-order valence-corrected chi connectivity index (χ1v) is 11.9. The van der Waals surface area contributed by atoms with E-state index in [-0.39, 0.29) is 17.5 Å². The Bertz CT molecular complexity index is 1040. The molecule has 0 aliphatic carbocycles. The zero-order valence-electron chi connectivity index (χ0n) is 17.3. The molecule has 170 valence electrons. The second-order valence-corrected chi connectivity index (χ2v) is 9.98. The van der Waals surface area contributed by atoms with E-state index in [1.54, 1.807) is 0 Å². The number of aromatic nitrogens is 2. The first kappa shape index (κ1) is 24.8. The molecule has 1 atom stereocenters. The summed E-state index contributed by atoms with van der Waals surface area (Å²) in [5.74, 6) is -3.18. The van der Waals surface area contributed by atoms with Crippen LogP contribution in [0.3, 0.4) is 0 Å². The van der Waals surface area contributed by atoms with E-state index in [0.717, 1.165) is 41.5 Å². The van der Waals surface area contributed by atoms with Crippen LogP contribution in [0.15, 0.2) is 24.3 Å². The summed E-state index contributed by atoms with van der Waals surface area (Å²) >= 11 is 6.01. The molecule has 0 radical (unpaired) electrons. The van der Waals surface area contributed by atoms with Gasteiger partial charge in [-0.3, -0.25) is 4.68 Å². The molecule has 2 heterocycles. The molecular weight excluding hydrogens is 446 g/mol. The molecule has 1 aromatic heterocycles. The van der Waals surface area contributed by atoms with Crippen molar-refractivity contribution >= 4 is 33.4 Å². The van der Waals surface area contributed by atoms with E-state index in [4.69, 9.17) is 31.4 Å². The van der Waals surface area contributed by atoms with Crippen LogP contribution in [0, 0.1) is 13.8 Å². The van der Waals surface area contributed by atoms with Crippen LogP contribution in [0.25, 0.3) is 0 Å². The maximum atomic E-state index is 11.7. The summed E-state index contributed by atoms with van der Waals surface area (Å²) in [5.41, 5.74) is 4.41. The van der Waals surface area contributed by atoms with Crippen LogP contribution in [0.2, 0.25) is 5.02 Å². The quantitative estimate of drug-likeness (QED) is 0.429. The highest BCUT2D eigenvalue weighted by molar-refractivity contribution is 7.91. The first-order valence-electron chi connectivity index (χ1n) is 9.66. The molecule has 3 rings (SSSR count). The number of rotatable bonds is 6. The molecule has 1 aliphatic heterocycles. The summed E-state index contributed by atoms with van der Waals surface area (Å²) < 4.78 is 25.4.